The summed E-state index contributed by atoms with van der Waals surface area (Å²) in [6.07, 6.45) is 2.14. The van der Waals surface area contributed by atoms with Crippen molar-refractivity contribution in [3.63, 3.8) is 0 Å². The van der Waals surface area contributed by atoms with Gasteiger partial charge in [0.05, 0.1) is 11.8 Å². The number of carbonyl (C=O) groups is 2. The van der Waals surface area contributed by atoms with Crippen LogP contribution in [0.2, 0.25) is 0 Å². The third-order valence-electron chi connectivity index (χ3n) is 4.47. The molecule has 0 spiro atoms. The van der Waals surface area contributed by atoms with Crippen molar-refractivity contribution in [2.45, 2.75) is 39.7 Å². The molecule has 1 aliphatic carbocycles. The third kappa shape index (κ3) is 3.43. The topological polar surface area (TPSA) is 57.6 Å². The lowest BCUT2D eigenvalue weighted by molar-refractivity contribution is -0.149. The first-order valence-electron chi connectivity index (χ1n) is 7.60. The lowest BCUT2D eigenvalue weighted by Crippen LogP contribution is -2.38. The van der Waals surface area contributed by atoms with Crippen LogP contribution >= 0.6 is 0 Å². The van der Waals surface area contributed by atoms with E-state index in [0.717, 1.165) is 17.5 Å². The monoisotopic (exact) mass is 289 g/mol. The number of nitrogens with zero attached hydrogens (tertiary/aromatic N) is 1. The highest BCUT2D eigenvalue weighted by Gasteiger charge is 2.39. The molecule has 1 saturated carbocycles. The van der Waals surface area contributed by atoms with Gasteiger partial charge < -0.3 is 10.0 Å². The van der Waals surface area contributed by atoms with E-state index in [0.29, 0.717) is 25.9 Å². The smallest absolute Gasteiger partial charge is 0.307 e. The Morgan fingerprint density at radius 1 is 1.24 bits per heavy atom. The van der Waals surface area contributed by atoms with Gasteiger partial charge in [0.2, 0.25) is 5.91 Å². The molecule has 0 radical (unpaired) electrons. The maximum atomic E-state index is 12.7. The average Bonchev–Trinajstić information content (AvgIpc) is 2.95. The second kappa shape index (κ2) is 6.74. The second-order valence-corrected chi connectivity index (χ2v) is 5.76. The summed E-state index contributed by atoms with van der Waals surface area (Å²) in [7, 11) is 0. The number of rotatable bonds is 5. The summed E-state index contributed by atoms with van der Waals surface area (Å²) in [6, 6.07) is 8.00. The van der Waals surface area contributed by atoms with E-state index in [4.69, 9.17) is 0 Å². The molecule has 1 aromatic rings. The first-order chi connectivity index (χ1) is 10.0. The molecule has 0 saturated heterocycles. The molecule has 1 aliphatic rings. The fraction of sp³-hybridized carbons (Fsp3) is 0.529. The van der Waals surface area contributed by atoms with Gasteiger partial charge >= 0.3 is 5.97 Å². The van der Waals surface area contributed by atoms with E-state index in [1.165, 1.54) is 0 Å². The maximum absolute atomic E-state index is 12.7. The van der Waals surface area contributed by atoms with Gasteiger partial charge in [0.25, 0.3) is 0 Å². The lowest BCUT2D eigenvalue weighted by atomic mass is 9.94. The summed E-state index contributed by atoms with van der Waals surface area (Å²) in [5.41, 5.74) is 2.28. The van der Waals surface area contributed by atoms with Crippen LogP contribution in [0.25, 0.3) is 0 Å². The van der Waals surface area contributed by atoms with Gasteiger partial charge in [-0.1, -0.05) is 30.7 Å². The predicted octanol–water partition coefficient (Wildman–Crippen LogP) is 2.84. The van der Waals surface area contributed by atoms with Crippen LogP contribution in [0.5, 0.6) is 0 Å². The van der Waals surface area contributed by atoms with Crippen molar-refractivity contribution in [1.29, 1.82) is 0 Å². The van der Waals surface area contributed by atoms with Gasteiger partial charge in [0.15, 0.2) is 0 Å². The number of aliphatic carboxylic acids is 1. The Bertz CT molecular complexity index is 527. The van der Waals surface area contributed by atoms with Crippen LogP contribution in [0.1, 0.15) is 37.3 Å². The Hall–Kier alpha value is -1.84. The standard InChI is InChI=1S/C17H23NO3/c1-3-18(11-13-8-5-4-7-12(13)2)16(19)14-9-6-10-15(14)17(20)21/h4-5,7-8,14-15H,3,6,9-11H2,1-2H3,(H,20,21)/t14-,15+/m1/s1. The van der Waals surface area contributed by atoms with Crippen LogP contribution in [0.4, 0.5) is 0 Å². The van der Waals surface area contributed by atoms with E-state index in [1.54, 1.807) is 4.90 Å². The summed E-state index contributed by atoms with van der Waals surface area (Å²) >= 11 is 0. The van der Waals surface area contributed by atoms with Crippen molar-refractivity contribution in [1.82, 2.24) is 4.90 Å². The minimum Gasteiger partial charge on any atom is -0.481 e. The molecule has 1 N–H and O–H groups in total. The van der Waals surface area contributed by atoms with Crippen molar-refractivity contribution in [2.24, 2.45) is 11.8 Å². The molecule has 2 atom stereocenters. The molecule has 1 fully saturated rings. The Morgan fingerprint density at radius 3 is 2.52 bits per heavy atom. The molecular weight excluding hydrogens is 266 g/mol. The van der Waals surface area contributed by atoms with Crippen molar-refractivity contribution < 1.29 is 14.7 Å². The molecular formula is C17H23NO3. The minimum atomic E-state index is -0.835. The van der Waals surface area contributed by atoms with Gasteiger partial charge in [-0.2, -0.15) is 0 Å². The predicted molar refractivity (Wildman–Crippen MR) is 80.7 cm³/mol. The van der Waals surface area contributed by atoms with E-state index < -0.39 is 11.9 Å². The molecule has 2 rings (SSSR count). The van der Waals surface area contributed by atoms with Gasteiger partial charge in [-0.25, -0.2) is 0 Å². The Balaban J connectivity index is 2.12. The molecule has 114 valence electrons. The number of carboxylic acid groups (broad SMARTS) is 1. The first kappa shape index (κ1) is 15.5. The molecule has 0 bridgehead atoms. The number of carbonyl (C=O) groups excluding carboxylic acids is 1. The van der Waals surface area contributed by atoms with Crippen LogP contribution in [0, 0.1) is 18.8 Å². The van der Waals surface area contributed by atoms with Crippen LogP contribution < -0.4 is 0 Å². The number of hydrogen-bond donors (Lipinski definition) is 1. The highest BCUT2D eigenvalue weighted by Crippen LogP contribution is 2.33. The van der Waals surface area contributed by atoms with E-state index in [9.17, 15) is 14.7 Å². The summed E-state index contributed by atoms with van der Waals surface area (Å²) in [6.45, 7) is 5.14. The molecule has 4 nitrogen and oxygen atoms in total. The van der Waals surface area contributed by atoms with Gasteiger partial charge in [0.1, 0.15) is 0 Å². The van der Waals surface area contributed by atoms with Crippen LogP contribution in [0.15, 0.2) is 24.3 Å². The van der Waals surface area contributed by atoms with Crippen LogP contribution in [-0.4, -0.2) is 28.4 Å². The maximum Gasteiger partial charge on any atom is 0.307 e. The SMILES string of the molecule is CCN(Cc1ccccc1C)C(=O)[C@@H]1CCC[C@@H]1C(=O)O. The third-order valence-corrected chi connectivity index (χ3v) is 4.47. The normalized spacial score (nSPS) is 21.2. The summed E-state index contributed by atoms with van der Waals surface area (Å²) in [5.74, 6) is -1.71. The minimum absolute atomic E-state index is 0.00865. The fourth-order valence-electron chi connectivity index (χ4n) is 3.12. The number of carboxylic acids is 1. The number of benzene rings is 1. The zero-order valence-corrected chi connectivity index (χ0v) is 12.7. The van der Waals surface area contributed by atoms with Gasteiger partial charge in [-0.05, 0) is 37.8 Å². The molecule has 0 heterocycles. The molecule has 4 heteroatoms. The van der Waals surface area contributed by atoms with Crippen LogP contribution in [0.3, 0.4) is 0 Å². The van der Waals surface area contributed by atoms with Crippen molar-refractivity contribution in [3.05, 3.63) is 35.4 Å². The summed E-state index contributed by atoms with van der Waals surface area (Å²) in [5, 5.41) is 9.25. The zero-order valence-electron chi connectivity index (χ0n) is 12.7. The molecule has 0 aromatic heterocycles. The number of aryl methyl sites for hydroxylation is 1. The summed E-state index contributed by atoms with van der Waals surface area (Å²) < 4.78 is 0. The van der Waals surface area contributed by atoms with E-state index in [-0.39, 0.29) is 11.8 Å². The van der Waals surface area contributed by atoms with E-state index in [2.05, 4.69) is 0 Å². The van der Waals surface area contributed by atoms with Crippen molar-refractivity contribution in [2.75, 3.05) is 6.54 Å². The molecule has 0 aliphatic heterocycles. The average molecular weight is 289 g/mol. The van der Waals surface area contributed by atoms with E-state index >= 15 is 0 Å². The number of hydrogen-bond acceptors (Lipinski definition) is 2. The molecule has 0 unspecified atom stereocenters. The van der Waals surface area contributed by atoms with E-state index in [1.807, 2.05) is 38.1 Å². The Labute approximate surface area is 125 Å². The lowest BCUT2D eigenvalue weighted by Gasteiger charge is -2.26. The largest absolute Gasteiger partial charge is 0.481 e. The van der Waals surface area contributed by atoms with Gasteiger partial charge in [-0.15, -0.1) is 0 Å². The first-order valence-corrected chi connectivity index (χ1v) is 7.60. The van der Waals surface area contributed by atoms with Gasteiger partial charge in [0, 0.05) is 13.1 Å². The van der Waals surface area contributed by atoms with Crippen molar-refractivity contribution >= 4 is 11.9 Å². The van der Waals surface area contributed by atoms with Crippen molar-refractivity contribution in [3.8, 4) is 0 Å². The van der Waals surface area contributed by atoms with Crippen LogP contribution in [-0.2, 0) is 16.1 Å². The quantitative estimate of drug-likeness (QED) is 0.906. The Morgan fingerprint density at radius 2 is 1.90 bits per heavy atom. The summed E-state index contributed by atoms with van der Waals surface area (Å²) in [4.78, 5) is 25.7. The highest BCUT2D eigenvalue weighted by molar-refractivity contribution is 5.85. The zero-order chi connectivity index (χ0) is 15.4. The fourth-order valence-corrected chi connectivity index (χ4v) is 3.12. The Kier molecular flexibility index (Phi) is 4.99. The van der Waals surface area contributed by atoms with Gasteiger partial charge in [-0.3, -0.25) is 9.59 Å². The molecule has 1 amide bonds. The molecule has 1 aromatic carbocycles. The molecule has 21 heavy (non-hydrogen) atoms. The highest BCUT2D eigenvalue weighted by atomic mass is 16.4. The second-order valence-electron chi connectivity index (χ2n) is 5.76. The number of amides is 1.